The monoisotopic (exact) mass is 299 g/mol. The van der Waals surface area contributed by atoms with Crippen molar-refractivity contribution in [3.8, 4) is 5.75 Å². The van der Waals surface area contributed by atoms with Crippen LogP contribution < -0.4 is 4.74 Å². The highest BCUT2D eigenvalue weighted by Gasteiger charge is 2.15. The first-order chi connectivity index (χ1) is 8.99. The van der Waals surface area contributed by atoms with Crippen LogP contribution in [0.25, 0.3) is 0 Å². The van der Waals surface area contributed by atoms with Gasteiger partial charge >= 0.3 is 0 Å². The predicted molar refractivity (Wildman–Crippen MR) is 71.8 cm³/mol. The Morgan fingerprint density at radius 1 is 1.42 bits per heavy atom. The lowest BCUT2D eigenvalue weighted by Crippen LogP contribution is -2.00. The van der Waals surface area contributed by atoms with Crippen molar-refractivity contribution in [1.29, 1.82) is 0 Å². The van der Waals surface area contributed by atoms with Crippen LogP contribution in [-0.4, -0.2) is 14.5 Å². The van der Waals surface area contributed by atoms with E-state index in [9.17, 15) is 10.1 Å². The molecule has 1 aromatic heterocycles. The van der Waals surface area contributed by atoms with E-state index in [0.717, 1.165) is 11.5 Å². The number of nitro groups is 1. The van der Waals surface area contributed by atoms with Gasteiger partial charge in [0.15, 0.2) is 0 Å². The number of nitrogens with zero attached hydrogens (tertiary/aromatic N) is 3. The molecule has 0 atom stereocenters. The number of halogens is 1. The third-order valence-corrected chi connectivity index (χ3v) is 3.55. The van der Waals surface area contributed by atoms with Crippen LogP contribution in [0.15, 0.2) is 12.1 Å². The summed E-state index contributed by atoms with van der Waals surface area (Å²) in [5, 5.41) is 14.6. The second-order valence-electron chi connectivity index (χ2n) is 3.94. The van der Waals surface area contributed by atoms with E-state index in [1.165, 1.54) is 6.07 Å². The second kappa shape index (κ2) is 5.50. The summed E-state index contributed by atoms with van der Waals surface area (Å²) >= 11 is 6.96. The fourth-order valence-electron chi connectivity index (χ4n) is 1.56. The lowest BCUT2D eigenvalue weighted by atomic mass is 10.1. The number of aryl methyl sites for hydroxylation is 2. The molecule has 0 amide bonds. The van der Waals surface area contributed by atoms with Crippen LogP contribution in [0.4, 0.5) is 5.69 Å². The van der Waals surface area contributed by atoms with Gasteiger partial charge in [-0.3, -0.25) is 10.1 Å². The number of rotatable bonds is 4. The van der Waals surface area contributed by atoms with Crippen molar-refractivity contribution >= 4 is 28.8 Å². The highest BCUT2D eigenvalue weighted by molar-refractivity contribution is 7.10. The van der Waals surface area contributed by atoms with E-state index in [1.807, 2.05) is 0 Å². The van der Waals surface area contributed by atoms with Gasteiger partial charge in [0.1, 0.15) is 22.4 Å². The second-order valence-corrected chi connectivity index (χ2v) is 5.30. The number of hydrogen-bond acceptors (Lipinski definition) is 6. The predicted octanol–water partition coefficient (Wildman–Crippen LogP) is 3.30. The first kappa shape index (κ1) is 13.7. The molecule has 0 fully saturated rings. The van der Waals surface area contributed by atoms with Gasteiger partial charge in [-0.15, -0.1) is 5.10 Å². The maximum atomic E-state index is 10.8. The summed E-state index contributed by atoms with van der Waals surface area (Å²) < 4.78 is 9.76. The van der Waals surface area contributed by atoms with Crippen molar-refractivity contribution in [3.63, 3.8) is 0 Å². The summed E-state index contributed by atoms with van der Waals surface area (Å²) in [6, 6.07) is 3.13. The minimum Gasteiger partial charge on any atom is -0.487 e. The minimum absolute atomic E-state index is 0.0817. The molecule has 0 radical (unpaired) electrons. The fraction of sp³-hybridized carbons (Fsp3) is 0.273. The Balaban J connectivity index is 2.20. The standard InChI is InChI=1S/C11H10ClN3O3S/c1-6-4-10(7(2)3-9(6)15(16)17)18-5-8-11(12)19-14-13-8/h3-4H,5H2,1-2H3. The quantitative estimate of drug-likeness (QED) is 0.639. The maximum absolute atomic E-state index is 10.8. The SMILES string of the molecule is Cc1cc([N+](=O)[O-])c(C)cc1OCc1nnsc1Cl. The normalized spacial score (nSPS) is 10.5. The van der Waals surface area contributed by atoms with E-state index >= 15 is 0 Å². The van der Waals surface area contributed by atoms with E-state index < -0.39 is 4.92 Å². The third-order valence-electron chi connectivity index (χ3n) is 2.56. The van der Waals surface area contributed by atoms with E-state index in [-0.39, 0.29) is 12.3 Å². The maximum Gasteiger partial charge on any atom is 0.272 e. The highest BCUT2D eigenvalue weighted by atomic mass is 35.5. The van der Waals surface area contributed by atoms with Gasteiger partial charge in [0.2, 0.25) is 0 Å². The molecule has 2 rings (SSSR count). The van der Waals surface area contributed by atoms with Crippen molar-refractivity contribution in [2.45, 2.75) is 20.5 Å². The summed E-state index contributed by atoms with van der Waals surface area (Å²) in [5.41, 5.74) is 1.88. The fourth-order valence-corrected chi connectivity index (χ4v) is 2.16. The van der Waals surface area contributed by atoms with Crippen molar-refractivity contribution in [3.05, 3.63) is 43.4 Å². The largest absolute Gasteiger partial charge is 0.487 e. The zero-order valence-electron chi connectivity index (χ0n) is 10.2. The molecule has 0 saturated carbocycles. The third kappa shape index (κ3) is 2.99. The van der Waals surface area contributed by atoms with E-state index in [2.05, 4.69) is 9.59 Å². The summed E-state index contributed by atoms with van der Waals surface area (Å²) in [5.74, 6) is 0.576. The molecule has 0 unspecified atom stereocenters. The first-order valence-electron chi connectivity index (χ1n) is 5.34. The molecule has 8 heteroatoms. The summed E-state index contributed by atoms with van der Waals surface area (Å²) in [4.78, 5) is 10.4. The van der Waals surface area contributed by atoms with Gasteiger partial charge in [0.25, 0.3) is 5.69 Å². The average Bonchev–Trinajstić information content (AvgIpc) is 2.75. The van der Waals surface area contributed by atoms with Gasteiger partial charge in [0.05, 0.1) is 4.92 Å². The number of nitro benzene ring substituents is 1. The van der Waals surface area contributed by atoms with Crippen LogP contribution in [0.5, 0.6) is 5.75 Å². The van der Waals surface area contributed by atoms with Crippen LogP contribution >= 0.6 is 23.1 Å². The zero-order valence-corrected chi connectivity index (χ0v) is 11.8. The van der Waals surface area contributed by atoms with Gasteiger partial charge < -0.3 is 4.74 Å². The zero-order chi connectivity index (χ0) is 14.0. The Morgan fingerprint density at radius 2 is 2.16 bits per heavy atom. The Kier molecular flexibility index (Phi) is 3.96. The van der Waals surface area contributed by atoms with Crippen LogP contribution in [0.3, 0.4) is 0 Å². The van der Waals surface area contributed by atoms with Gasteiger partial charge in [-0.25, -0.2) is 0 Å². The van der Waals surface area contributed by atoms with Crippen molar-refractivity contribution in [1.82, 2.24) is 9.59 Å². The van der Waals surface area contributed by atoms with E-state index in [0.29, 0.717) is 26.9 Å². The topological polar surface area (TPSA) is 78.2 Å². The molecule has 2 aromatic rings. The number of ether oxygens (including phenoxy) is 1. The van der Waals surface area contributed by atoms with Crippen LogP contribution in [-0.2, 0) is 6.61 Å². The molecular formula is C11H10ClN3O3S. The number of aromatic nitrogens is 2. The first-order valence-corrected chi connectivity index (χ1v) is 6.49. The summed E-state index contributed by atoms with van der Waals surface area (Å²) in [6.07, 6.45) is 0. The highest BCUT2D eigenvalue weighted by Crippen LogP contribution is 2.28. The molecule has 0 aliphatic heterocycles. The minimum atomic E-state index is -0.409. The van der Waals surface area contributed by atoms with Crippen molar-refractivity contribution in [2.24, 2.45) is 0 Å². The average molecular weight is 300 g/mol. The molecular weight excluding hydrogens is 290 g/mol. The van der Waals surface area contributed by atoms with Gasteiger partial charge in [-0.05, 0) is 25.5 Å². The molecule has 6 nitrogen and oxygen atoms in total. The molecule has 0 bridgehead atoms. The van der Waals surface area contributed by atoms with Gasteiger partial charge in [0, 0.05) is 23.2 Å². The molecule has 1 heterocycles. The Bertz CT molecular complexity index is 630. The molecule has 0 spiro atoms. The van der Waals surface area contributed by atoms with E-state index in [4.69, 9.17) is 16.3 Å². The Hall–Kier alpha value is -1.73. The van der Waals surface area contributed by atoms with Crippen LogP contribution in [0.2, 0.25) is 4.34 Å². The van der Waals surface area contributed by atoms with Crippen molar-refractivity contribution in [2.75, 3.05) is 0 Å². The molecule has 0 saturated heterocycles. The summed E-state index contributed by atoms with van der Waals surface area (Å²) in [7, 11) is 0. The molecule has 1 aromatic carbocycles. The number of benzene rings is 1. The molecule has 0 aliphatic carbocycles. The van der Waals surface area contributed by atoms with E-state index in [1.54, 1.807) is 19.9 Å². The van der Waals surface area contributed by atoms with Crippen LogP contribution in [0, 0.1) is 24.0 Å². The summed E-state index contributed by atoms with van der Waals surface area (Å²) in [6.45, 7) is 3.61. The van der Waals surface area contributed by atoms with Gasteiger partial charge in [-0.2, -0.15) is 0 Å². The smallest absolute Gasteiger partial charge is 0.272 e. The van der Waals surface area contributed by atoms with Gasteiger partial charge in [-0.1, -0.05) is 16.1 Å². The van der Waals surface area contributed by atoms with Crippen molar-refractivity contribution < 1.29 is 9.66 Å². The Labute approximate surface area is 118 Å². The lowest BCUT2D eigenvalue weighted by molar-refractivity contribution is -0.385. The molecule has 100 valence electrons. The molecule has 0 N–H and O–H groups in total. The Morgan fingerprint density at radius 3 is 2.74 bits per heavy atom. The number of hydrogen-bond donors (Lipinski definition) is 0. The molecule has 0 aliphatic rings. The molecule has 19 heavy (non-hydrogen) atoms. The van der Waals surface area contributed by atoms with Crippen LogP contribution in [0.1, 0.15) is 16.8 Å². The lowest BCUT2D eigenvalue weighted by Gasteiger charge is -2.09.